The fraction of sp³-hybridized carbons (Fsp3) is 1.00. The van der Waals surface area contributed by atoms with Crippen LogP contribution >= 0.6 is 0 Å². The Kier molecular flexibility index (Phi) is 5.53. The number of likely N-dealkylation sites (tertiary alicyclic amines) is 1. The van der Waals surface area contributed by atoms with Gasteiger partial charge in [0, 0.05) is 24.9 Å². The van der Waals surface area contributed by atoms with Crippen LogP contribution in [0, 0.1) is 5.41 Å². The molecule has 1 saturated carbocycles. The van der Waals surface area contributed by atoms with Crippen LogP contribution in [0.15, 0.2) is 0 Å². The van der Waals surface area contributed by atoms with E-state index in [1.165, 1.54) is 0 Å². The molecule has 1 aliphatic heterocycles. The lowest BCUT2D eigenvalue weighted by Crippen LogP contribution is -2.33. The lowest BCUT2D eigenvalue weighted by atomic mass is 10.1. The minimum Gasteiger partial charge on any atom is -0.378 e. The molecule has 0 unspecified atom stereocenters. The molecule has 108 valence electrons. The summed E-state index contributed by atoms with van der Waals surface area (Å²) in [6, 6.07) is 0. The van der Waals surface area contributed by atoms with Crippen molar-refractivity contribution in [2.75, 3.05) is 26.2 Å². The molecular weight excluding hydrogens is 236 g/mol. The van der Waals surface area contributed by atoms with Gasteiger partial charge in [-0.2, -0.15) is 0 Å². The maximum absolute atomic E-state index is 13.0. The van der Waals surface area contributed by atoms with Crippen molar-refractivity contribution in [2.45, 2.75) is 59.0 Å². The fourth-order valence-corrected chi connectivity index (χ4v) is 2.28. The molecule has 1 saturated heterocycles. The Balaban J connectivity index is 0.000000771. The summed E-state index contributed by atoms with van der Waals surface area (Å²) in [6.07, 6.45) is 2.51. The van der Waals surface area contributed by atoms with Crippen LogP contribution in [0.2, 0.25) is 0 Å². The van der Waals surface area contributed by atoms with Crippen LogP contribution in [0.5, 0.6) is 0 Å². The van der Waals surface area contributed by atoms with Crippen molar-refractivity contribution in [3.8, 4) is 0 Å². The smallest absolute Gasteiger partial charge is 0.261 e. The average Bonchev–Trinajstić information content (AvgIpc) is 2.98. The summed E-state index contributed by atoms with van der Waals surface area (Å²) in [7, 11) is 0. The third kappa shape index (κ3) is 4.81. The predicted molar refractivity (Wildman–Crippen MR) is 70.1 cm³/mol. The quantitative estimate of drug-likeness (QED) is 0.752. The number of ether oxygens (including phenoxy) is 1. The van der Waals surface area contributed by atoms with E-state index in [2.05, 4.69) is 0 Å². The molecule has 0 radical (unpaired) electrons. The number of alkyl halides is 2. The van der Waals surface area contributed by atoms with Crippen molar-refractivity contribution in [3.63, 3.8) is 0 Å². The second kappa shape index (κ2) is 6.29. The second-order valence-electron chi connectivity index (χ2n) is 5.68. The van der Waals surface area contributed by atoms with Gasteiger partial charge in [0.15, 0.2) is 0 Å². The topological polar surface area (TPSA) is 12.5 Å². The van der Waals surface area contributed by atoms with Crippen molar-refractivity contribution in [2.24, 2.45) is 5.41 Å². The van der Waals surface area contributed by atoms with E-state index < -0.39 is 5.92 Å². The van der Waals surface area contributed by atoms with Crippen LogP contribution in [0.4, 0.5) is 8.78 Å². The van der Waals surface area contributed by atoms with E-state index in [1.54, 1.807) is 0 Å². The molecule has 0 spiro atoms. The number of rotatable bonds is 5. The third-order valence-electron chi connectivity index (χ3n) is 3.49. The Bertz CT molecular complexity index is 252. The lowest BCUT2D eigenvalue weighted by molar-refractivity contribution is 0.00261. The molecule has 4 heteroatoms. The molecule has 18 heavy (non-hydrogen) atoms. The highest BCUT2D eigenvalue weighted by Crippen LogP contribution is 2.47. The van der Waals surface area contributed by atoms with Crippen LogP contribution in [-0.2, 0) is 4.74 Å². The standard InChI is InChI=1S/C12H21F2NO.C2H6/c1-10(2)16-9-11(3-4-11)7-15-6-5-12(13,14)8-15;1-2/h10H,3-9H2,1-2H3;1-2H3. The first-order valence-corrected chi connectivity index (χ1v) is 7.13. The van der Waals surface area contributed by atoms with Crippen LogP contribution in [-0.4, -0.2) is 43.2 Å². The SMILES string of the molecule is CC.CC(C)OCC1(CN2CCC(F)(F)C2)CC1. The molecule has 2 rings (SSSR count). The zero-order valence-electron chi connectivity index (χ0n) is 12.1. The van der Waals surface area contributed by atoms with Crippen LogP contribution in [0.1, 0.15) is 47.0 Å². The normalized spacial score (nSPS) is 24.8. The lowest BCUT2D eigenvalue weighted by Gasteiger charge is -2.23. The second-order valence-corrected chi connectivity index (χ2v) is 5.68. The van der Waals surface area contributed by atoms with Crippen LogP contribution in [0.3, 0.4) is 0 Å². The maximum atomic E-state index is 13.0. The third-order valence-corrected chi connectivity index (χ3v) is 3.49. The molecular formula is C14H27F2NO. The molecule has 0 bridgehead atoms. The van der Waals surface area contributed by atoms with Gasteiger partial charge < -0.3 is 4.74 Å². The highest BCUT2D eigenvalue weighted by Gasteiger charge is 2.47. The molecule has 0 atom stereocenters. The first-order valence-electron chi connectivity index (χ1n) is 7.13. The fourth-order valence-electron chi connectivity index (χ4n) is 2.28. The monoisotopic (exact) mass is 263 g/mol. The molecule has 0 amide bonds. The van der Waals surface area contributed by atoms with Gasteiger partial charge in [-0.15, -0.1) is 0 Å². The molecule has 2 aliphatic rings. The van der Waals surface area contributed by atoms with Crippen molar-refractivity contribution in [1.29, 1.82) is 0 Å². The van der Waals surface area contributed by atoms with Crippen molar-refractivity contribution in [1.82, 2.24) is 4.90 Å². The summed E-state index contributed by atoms with van der Waals surface area (Å²) in [5.41, 5.74) is 0.185. The van der Waals surface area contributed by atoms with E-state index in [4.69, 9.17) is 4.74 Å². The predicted octanol–water partition coefficient (Wildman–Crippen LogP) is 3.56. The maximum Gasteiger partial charge on any atom is 0.261 e. The van der Waals surface area contributed by atoms with Crippen molar-refractivity contribution in [3.05, 3.63) is 0 Å². The summed E-state index contributed by atoms with van der Waals surface area (Å²) in [6.45, 7) is 10.0. The van der Waals surface area contributed by atoms with Gasteiger partial charge in [-0.3, -0.25) is 4.90 Å². The summed E-state index contributed by atoms with van der Waals surface area (Å²) < 4.78 is 31.7. The molecule has 1 heterocycles. The highest BCUT2D eigenvalue weighted by molar-refractivity contribution is 4.97. The first kappa shape index (κ1) is 15.8. The van der Waals surface area contributed by atoms with Gasteiger partial charge in [0.1, 0.15) is 0 Å². The van der Waals surface area contributed by atoms with E-state index in [1.807, 2.05) is 32.6 Å². The van der Waals surface area contributed by atoms with E-state index in [9.17, 15) is 8.78 Å². The summed E-state index contributed by atoms with van der Waals surface area (Å²) >= 11 is 0. The number of halogens is 2. The molecule has 2 nitrogen and oxygen atoms in total. The van der Waals surface area contributed by atoms with Crippen LogP contribution < -0.4 is 0 Å². The molecule has 1 aliphatic carbocycles. The number of hydrogen-bond acceptors (Lipinski definition) is 2. The van der Waals surface area contributed by atoms with Gasteiger partial charge in [-0.25, -0.2) is 8.78 Å². The molecule has 2 fully saturated rings. The Morgan fingerprint density at radius 1 is 1.17 bits per heavy atom. The summed E-state index contributed by atoms with van der Waals surface area (Å²) in [5, 5.41) is 0. The van der Waals surface area contributed by atoms with E-state index in [0.29, 0.717) is 6.54 Å². The number of hydrogen-bond donors (Lipinski definition) is 0. The summed E-state index contributed by atoms with van der Waals surface area (Å²) in [4.78, 5) is 1.90. The zero-order valence-corrected chi connectivity index (χ0v) is 12.1. The van der Waals surface area contributed by atoms with Crippen molar-refractivity contribution < 1.29 is 13.5 Å². The van der Waals surface area contributed by atoms with E-state index in [-0.39, 0.29) is 24.5 Å². The molecule has 0 aromatic carbocycles. The van der Waals surface area contributed by atoms with Crippen LogP contribution in [0.25, 0.3) is 0 Å². The molecule has 0 aromatic heterocycles. The molecule has 0 aromatic rings. The van der Waals surface area contributed by atoms with Gasteiger partial charge in [-0.05, 0) is 26.7 Å². The Morgan fingerprint density at radius 3 is 2.17 bits per heavy atom. The van der Waals surface area contributed by atoms with Gasteiger partial charge in [-0.1, -0.05) is 13.8 Å². The Labute approximate surface area is 110 Å². The largest absolute Gasteiger partial charge is 0.378 e. The Morgan fingerprint density at radius 2 is 1.78 bits per heavy atom. The van der Waals surface area contributed by atoms with Crippen molar-refractivity contribution >= 4 is 0 Å². The van der Waals surface area contributed by atoms with Gasteiger partial charge >= 0.3 is 0 Å². The highest BCUT2D eigenvalue weighted by atomic mass is 19.3. The van der Waals surface area contributed by atoms with E-state index >= 15 is 0 Å². The zero-order chi connectivity index (χ0) is 13.8. The Hall–Kier alpha value is -0.220. The first-order chi connectivity index (χ1) is 8.41. The van der Waals surface area contributed by atoms with Gasteiger partial charge in [0.25, 0.3) is 5.92 Å². The van der Waals surface area contributed by atoms with Gasteiger partial charge in [0.2, 0.25) is 0 Å². The molecule has 0 N–H and O–H groups in total. The summed E-state index contributed by atoms with van der Waals surface area (Å²) in [5.74, 6) is -2.46. The number of nitrogens with zero attached hydrogens (tertiary/aromatic N) is 1. The average molecular weight is 263 g/mol. The van der Waals surface area contributed by atoms with E-state index in [0.717, 1.165) is 26.0 Å². The van der Waals surface area contributed by atoms with Gasteiger partial charge in [0.05, 0.1) is 19.3 Å². The minimum atomic E-state index is -2.46. The minimum absolute atomic E-state index is 0.0219.